The lowest BCUT2D eigenvalue weighted by Gasteiger charge is -2.31. The minimum absolute atomic E-state index is 0.0848. The number of aliphatic hydroxyl groups excluding tert-OH is 1. The lowest BCUT2D eigenvalue weighted by Crippen LogP contribution is -2.35. The van der Waals surface area contributed by atoms with Crippen LogP contribution in [0.1, 0.15) is 18.4 Å². The van der Waals surface area contributed by atoms with E-state index in [1.54, 1.807) is 12.1 Å². The molecule has 88 valence electrons. The average molecular weight is 223 g/mol. The second kappa shape index (κ2) is 4.72. The molecule has 4 nitrogen and oxygen atoms in total. The van der Waals surface area contributed by atoms with E-state index >= 15 is 0 Å². The number of phenolic OH excluding ortho intramolecular Hbond substituents is 2. The van der Waals surface area contributed by atoms with Gasteiger partial charge < -0.3 is 20.6 Å². The van der Waals surface area contributed by atoms with E-state index in [4.69, 9.17) is 10.2 Å². The maximum atomic E-state index is 9.29. The van der Waals surface area contributed by atoms with Crippen molar-refractivity contribution in [2.45, 2.75) is 25.5 Å². The van der Waals surface area contributed by atoms with Crippen molar-refractivity contribution in [1.29, 1.82) is 0 Å². The van der Waals surface area contributed by atoms with E-state index in [-0.39, 0.29) is 17.6 Å². The van der Waals surface area contributed by atoms with Crippen LogP contribution in [0.5, 0.6) is 11.5 Å². The Morgan fingerprint density at radius 2 is 1.94 bits per heavy atom. The van der Waals surface area contributed by atoms with Gasteiger partial charge in [-0.25, -0.2) is 0 Å². The first-order chi connectivity index (χ1) is 7.65. The molecule has 0 radical (unpaired) electrons. The average Bonchev–Trinajstić information content (AvgIpc) is 2.21. The molecule has 0 unspecified atom stereocenters. The van der Waals surface area contributed by atoms with Crippen molar-refractivity contribution in [3.8, 4) is 11.5 Å². The second-order valence-electron chi connectivity index (χ2n) is 4.45. The van der Waals surface area contributed by atoms with Crippen molar-refractivity contribution >= 4 is 0 Å². The van der Waals surface area contributed by atoms with Gasteiger partial charge in [0.25, 0.3) is 0 Å². The molecule has 1 aliphatic carbocycles. The molecule has 2 rings (SSSR count). The van der Waals surface area contributed by atoms with Gasteiger partial charge in [0.2, 0.25) is 0 Å². The second-order valence-corrected chi connectivity index (χ2v) is 4.45. The Bertz CT molecular complexity index is 361. The van der Waals surface area contributed by atoms with E-state index in [0.29, 0.717) is 12.5 Å². The minimum atomic E-state index is -0.107. The molecule has 1 aromatic carbocycles. The molecule has 1 fully saturated rings. The predicted molar refractivity (Wildman–Crippen MR) is 60.2 cm³/mol. The maximum absolute atomic E-state index is 9.29. The van der Waals surface area contributed by atoms with Crippen LogP contribution >= 0.6 is 0 Å². The number of hydrogen-bond donors (Lipinski definition) is 4. The van der Waals surface area contributed by atoms with Crippen molar-refractivity contribution in [1.82, 2.24) is 5.32 Å². The van der Waals surface area contributed by atoms with E-state index in [1.165, 1.54) is 6.07 Å². The molecule has 0 aromatic heterocycles. The predicted octanol–water partition coefficient (Wildman–Crippen LogP) is 0.958. The SMILES string of the molecule is Oc1ccc(CNCC2CC(O)C2)cc1O. The van der Waals surface area contributed by atoms with E-state index in [1.807, 2.05) is 0 Å². The highest BCUT2D eigenvalue weighted by atomic mass is 16.3. The van der Waals surface area contributed by atoms with Crippen LogP contribution in [0.4, 0.5) is 0 Å². The summed E-state index contributed by atoms with van der Waals surface area (Å²) in [6.07, 6.45) is 1.66. The standard InChI is InChI=1S/C12H17NO3/c14-10-3-9(4-10)7-13-6-8-1-2-11(15)12(16)5-8/h1-2,5,9-10,13-16H,3-4,6-7H2. The first-order valence-electron chi connectivity index (χ1n) is 5.55. The summed E-state index contributed by atoms with van der Waals surface area (Å²) in [7, 11) is 0. The highest BCUT2D eigenvalue weighted by molar-refractivity contribution is 5.40. The zero-order valence-corrected chi connectivity index (χ0v) is 9.06. The Hall–Kier alpha value is -1.26. The van der Waals surface area contributed by atoms with E-state index in [0.717, 1.165) is 24.9 Å². The Labute approximate surface area is 94.5 Å². The van der Waals surface area contributed by atoms with Crippen molar-refractivity contribution in [3.63, 3.8) is 0 Å². The lowest BCUT2D eigenvalue weighted by molar-refractivity contribution is 0.0430. The number of nitrogens with one attached hydrogen (secondary N) is 1. The van der Waals surface area contributed by atoms with Crippen molar-refractivity contribution in [2.24, 2.45) is 5.92 Å². The van der Waals surface area contributed by atoms with Gasteiger partial charge in [0.05, 0.1) is 6.10 Å². The van der Waals surface area contributed by atoms with Crippen molar-refractivity contribution < 1.29 is 15.3 Å². The molecule has 0 atom stereocenters. The molecule has 0 bridgehead atoms. The van der Waals surface area contributed by atoms with Gasteiger partial charge in [-0.05, 0) is 43.0 Å². The van der Waals surface area contributed by atoms with Gasteiger partial charge in [-0.15, -0.1) is 0 Å². The van der Waals surface area contributed by atoms with Gasteiger partial charge in [-0.3, -0.25) is 0 Å². The fourth-order valence-corrected chi connectivity index (χ4v) is 1.97. The van der Waals surface area contributed by atoms with E-state index in [9.17, 15) is 5.11 Å². The molecule has 16 heavy (non-hydrogen) atoms. The van der Waals surface area contributed by atoms with Gasteiger partial charge in [0, 0.05) is 6.54 Å². The molecule has 4 N–H and O–H groups in total. The molecular weight excluding hydrogens is 206 g/mol. The molecule has 1 saturated carbocycles. The largest absolute Gasteiger partial charge is 0.504 e. The van der Waals surface area contributed by atoms with Crippen LogP contribution in [-0.2, 0) is 6.54 Å². The Morgan fingerprint density at radius 3 is 2.56 bits per heavy atom. The number of aliphatic hydroxyl groups is 1. The maximum Gasteiger partial charge on any atom is 0.157 e. The van der Waals surface area contributed by atoms with Crippen LogP contribution < -0.4 is 5.32 Å². The molecule has 1 aliphatic rings. The van der Waals surface area contributed by atoms with Gasteiger partial charge in [-0.2, -0.15) is 0 Å². The molecule has 0 amide bonds. The zero-order valence-electron chi connectivity index (χ0n) is 9.06. The Kier molecular flexibility index (Phi) is 3.31. The summed E-state index contributed by atoms with van der Waals surface area (Å²) in [6.45, 7) is 1.55. The van der Waals surface area contributed by atoms with Gasteiger partial charge in [-0.1, -0.05) is 6.07 Å². The summed E-state index contributed by atoms with van der Waals surface area (Å²) in [5.74, 6) is 0.393. The molecular formula is C12H17NO3. The first-order valence-corrected chi connectivity index (χ1v) is 5.55. The fraction of sp³-hybridized carbons (Fsp3) is 0.500. The summed E-state index contributed by atoms with van der Waals surface area (Å²) < 4.78 is 0. The van der Waals surface area contributed by atoms with Crippen LogP contribution in [0.15, 0.2) is 18.2 Å². The van der Waals surface area contributed by atoms with Crippen LogP contribution in [0.3, 0.4) is 0 Å². The number of rotatable bonds is 4. The minimum Gasteiger partial charge on any atom is -0.504 e. The quantitative estimate of drug-likeness (QED) is 0.574. The highest BCUT2D eigenvalue weighted by Crippen LogP contribution is 2.27. The van der Waals surface area contributed by atoms with E-state index in [2.05, 4.69) is 5.32 Å². The van der Waals surface area contributed by atoms with Gasteiger partial charge in [0.1, 0.15) is 0 Å². The van der Waals surface area contributed by atoms with Crippen LogP contribution in [0.2, 0.25) is 0 Å². The monoisotopic (exact) mass is 223 g/mol. The van der Waals surface area contributed by atoms with Crippen molar-refractivity contribution in [2.75, 3.05) is 6.54 Å². The molecule has 0 aliphatic heterocycles. The molecule has 0 spiro atoms. The topological polar surface area (TPSA) is 72.7 Å². The Balaban J connectivity index is 1.74. The molecule has 0 heterocycles. The molecule has 1 aromatic rings. The summed E-state index contributed by atoms with van der Waals surface area (Å²) >= 11 is 0. The van der Waals surface area contributed by atoms with Gasteiger partial charge in [0.15, 0.2) is 11.5 Å². The van der Waals surface area contributed by atoms with Crippen LogP contribution in [-0.4, -0.2) is 28.0 Å². The van der Waals surface area contributed by atoms with Crippen LogP contribution in [0, 0.1) is 5.92 Å². The molecule has 4 heteroatoms. The third-order valence-electron chi connectivity index (χ3n) is 3.01. The zero-order chi connectivity index (χ0) is 11.5. The van der Waals surface area contributed by atoms with Crippen molar-refractivity contribution in [3.05, 3.63) is 23.8 Å². The summed E-state index contributed by atoms with van der Waals surface area (Å²) in [6, 6.07) is 4.81. The Morgan fingerprint density at radius 1 is 1.19 bits per heavy atom. The highest BCUT2D eigenvalue weighted by Gasteiger charge is 2.26. The summed E-state index contributed by atoms with van der Waals surface area (Å²) in [4.78, 5) is 0. The third-order valence-corrected chi connectivity index (χ3v) is 3.01. The first kappa shape index (κ1) is 11.2. The number of benzene rings is 1. The van der Waals surface area contributed by atoms with Gasteiger partial charge >= 0.3 is 0 Å². The summed E-state index contributed by atoms with van der Waals surface area (Å²) in [5, 5.41) is 30.8. The van der Waals surface area contributed by atoms with Crippen LogP contribution in [0.25, 0.3) is 0 Å². The number of phenols is 2. The summed E-state index contributed by atoms with van der Waals surface area (Å²) in [5.41, 5.74) is 0.940. The smallest absolute Gasteiger partial charge is 0.157 e. The number of hydrogen-bond acceptors (Lipinski definition) is 4. The molecule has 0 saturated heterocycles. The van der Waals surface area contributed by atoms with E-state index < -0.39 is 0 Å². The normalized spacial score (nSPS) is 24.1. The fourth-order valence-electron chi connectivity index (χ4n) is 1.97. The lowest BCUT2D eigenvalue weighted by atomic mass is 9.82. The third kappa shape index (κ3) is 2.65. The number of aromatic hydroxyl groups is 2.